The summed E-state index contributed by atoms with van der Waals surface area (Å²) in [4.78, 5) is 2.04. The van der Waals surface area contributed by atoms with Gasteiger partial charge in [-0.15, -0.1) is 4.40 Å². The number of hydrogen-bond donors (Lipinski definition) is 1. The number of likely N-dealkylation sites (tertiary alicyclic amines) is 1. The van der Waals surface area contributed by atoms with Crippen molar-refractivity contribution in [3.8, 4) is 0 Å². The maximum absolute atomic E-state index is 12.9. The summed E-state index contributed by atoms with van der Waals surface area (Å²) in [6.45, 7) is 2.63. The fraction of sp³-hybridized carbons (Fsp3) is 0.381. The van der Waals surface area contributed by atoms with Gasteiger partial charge in [-0.1, -0.05) is 54.4 Å². The van der Waals surface area contributed by atoms with E-state index < -0.39 is 16.1 Å². The lowest BCUT2D eigenvalue weighted by molar-refractivity contribution is 0.132. The molecule has 0 radical (unpaired) electrons. The molecule has 0 spiro atoms. The van der Waals surface area contributed by atoms with Gasteiger partial charge < -0.3 is 10.0 Å². The van der Waals surface area contributed by atoms with Crippen molar-refractivity contribution in [1.82, 2.24) is 4.90 Å². The van der Waals surface area contributed by atoms with E-state index in [1.807, 2.05) is 49.2 Å². The van der Waals surface area contributed by atoms with Gasteiger partial charge in [0.15, 0.2) is 0 Å². The second-order valence-electron chi connectivity index (χ2n) is 7.12. The van der Waals surface area contributed by atoms with Gasteiger partial charge in [0.05, 0.1) is 11.0 Å². The summed E-state index contributed by atoms with van der Waals surface area (Å²) in [5.41, 5.74) is 1.77. The highest BCUT2D eigenvalue weighted by Gasteiger charge is 2.32. The van der Waals surface area contributed by atoms with Gasteiger partial charge in [-0.2, -0.15) is 8.42 Å². The van der Waals surface area contributed by atoms with Gasteiger partial charge in [-0.25, -0.2) is 0 Å². The van der Waals surface area contributed by atoms with Gasteiger partial charge in [0.2, 0.25) is 0 Å². The van der Waals surface area contributed by atoms with Crippen molar-refractivity contribution in [3.63, 3.8) is 0 Å². The monoisotopic (exact) mass is 386 g/mol. The molecule has 1 fully saturated rings. The zero-order chi connectivity index (χ0) is 19.4. The number of sulfonamides is 1. The molecule has 1 heterocycles. The zero-order valence-electron chi connectivity index (χ0n) is 15.7. The third-order valence-electron chi connectivity index (χ3n) is 5.04. The Balaban J connectivity index is 2.01. The first-order valence-corrected chi connectivity index (χ1v) is 10.7. The smallest absolute Gasteiger partial charge is 0.283 e. The topological polar surface area (TPSA) is 70.0 Å². The Bertz CT molecular complexity index is 893. The van der Waals surface area contributed by atoms with Gasteiger partial charge >= 0.3 is 0 Å². The number of aliphatic hydroxyl groups is 1. The van der Waals surface area contributed by atoms with Gasteiger partial charge in [-0.05, 0) is 37.5 Å². The molecule has 1 N–H and O–H groups in total. The van der Waals surface area contributed by atoms with Crippen LogP contribution in [-0.4, -0.2) is 37.9 Å². The molecule has 0 saturated carbocycles. The van der Waals surface area contributed by atoms with Crippen LogP contribution < -0.4 is 0 Å². The van der Waals surface area contributed by atoms with Crippen molar-refractivity contribution in [1.29, 1.82) is 0 Å². The van der Waals surface area contributed by atoms with Crippen LogP contribution in [0.3, 0.4) is 0 Å². The normalized spacial score (nSPS) is 21.1. The highest BCUT2D eigenvalue weighted by Crippen LogP contribution is 2.31. The zero-order valence-corrected chi connectivity index (χ0v) is 16.6. The van der Waals surface area contributed by atoms with Crippen molar-refractivity contribution in [2.75, 3.05) is 13.6 Å². The second kappa shape index (κ2) is 8.23. The molecule has 2 aromatic carbocycles. The van der Waals surface area contributed by atoms with Crippen molar-refractivity contribution in [2.24, 2.45) is 10.3 Å². The van der Waals surface area contributed by atoms with Crippen LogP contribution in [0.1, 0.15) is 36.5 Å². The summed E-state index contributed by atoms with van der Waals surface area (Å²) in [5, 5.41) is 11.0. The molecular weight excluding hydrogens is 360 g/mol. The van der Waals surface area contributed by atoms with E-state index in [9.17, 15) is 13.5 Å². The predicted molar refractivity (Wildman–Crippen MR) is 107 cm³/mol. The molecule has 2 aromatic rings. The first-order chi connectivity index (χ1) is 12.9. The third-order valence-corrected chi connectivity index (χ3v) is 6.33. The molecular formula is C21H26N2O3S. The third kappa shape index (κ3) is 4.57. The van der Waals surface area contributed by atoms with E-state index in [1.165, 1.54) is 0 Å². The molecule has 1 saturated heterocycles. The molecule has 2 atom stereocenters. The molecule has 1 aliphatic heterocycles. The molecule has 1 aliphatic rings. The largest absolute Gasteiger partial charge is 0.388 e. The lowest BCUT2D eigenvalue weighted by Crippen LogP contribution is -2.35. The minimum Gasteiger partial charge on any atom is -0.388 e. The summed E-state index contributed by atoms with van der Waals surface area (Å²) in [6.07, 6.45) is 1.77. The molecule has 27 heavy (non-hydrogen) atoms. The first kappa shape index (κ1) is 19.6. The van der Waals surface area contributed by atoms with Crippen LogP contribution >= 0.6 is 0 Å². The van der Waals surface area contributed by atoms with E-state index in [0.29, 0.717) is 12.3 Å². The molecule has 3 rings (SSSR count). The highest BCUT2D eigenvalue weighted by molar-refractivity contribution is 7.90. The van der Waals surface area contributed by atoms with E-state index in [0.717, 1.165) is 30.5 Å². The van der Waals surface area contributed by atoms with Crippen LogP contribution in [0.5, 0.6) is 0 Å². The predicted octanol–water partition coefficient (Wildman–Crippen LogP) is 3.55. The highest BCUT2D eigenvalue weighted by atomic mass is 32.2. The molecule has 5 nitrogen and oxygen atoms in total. The molecule has 6 heteroatoms. The number of nitrogens with zero attached hydrogens (tertiary/aromatic N) is 2. The molecule has 0 aromatic heterocycles. The number of aliphatic hydroxyl groups excluding tert-OH is 1. The number of rotatable bonds is 4. The summed E-state index contributed by atoms with van der Waals surface area (Å²) in [7, 11) is -1.99. The Hall–Kier alpha value is -2.18. The van der Waals surface area contributed by atoms with Crippen LogP contribution in [0.25, 0.3) is 0 Å². The Labute approximate surface area is 161 Å². The van der Waals surface area contributed by atoms with Crippen LogP contribution in [-0.2, 0) is 10.0 Å². The Morgan fingerprint density at radius 1 is 1.07 bits per heavy atom. The van der Waals surface area contributed by atoms with Crippen molar-refractivity contribution in [2.45, 2.75) is 37.2 Å². The van der Waals surface area contributed by atoms with Gasteiger partial charge in [0.25, 0.3) is 10.0 Å². The summed E-state index contributed by atoms with van der Waals surface area (Å²) in [6, 6.07) is 16.1. The van der Waals surface area contributed by atoms with E-state index >= 15 is 0 Å². The van der Waals surface area contributed by atoms with Crippen LogP contribution in [0.4, 0.5) is 0 Å². The minimum absolute atomic E-state index is 0.172. The number of amidine groups is 1. The fourth-order valence-corrected chi connectivity index (χ4v) is 4.55. The lowest BCUT2D eigenvalue weighted by atomic mass is 9.91. The van der Waals surface area contributed by atoms with Gasteiger partial charge in [0, 0.05) is 19.5 Å². The van der Waals surface area contributed by atoms with Crippen LogP contribution in [0.2, 0.25) is 0 Å². The Kier molecular flexibility index (Phi) is 5.97. The van der Waals surface area contributed by atoms with Crippen molar-refractivity contribution in [3.05, 3.63) is 65.7 Å². The van der Waals surface area contributed by atoms with Gasteiger partial charge in [-0.3, -0.25) is 0 Å². The van der Waals surface area contributed by atoms with Gasteiger partial charge in [0.1, 0.15) is 5.84 Å². The number of hydrogen-bond acceptors (Lipinski definition) is 3. The maximum atomic E-state index is 12.9. The summed E-state index contributed by atoms with van der Waals surface area (Å²) < 4.78 is 29.9. The molecule has 0 unspecified atom stereocenters. The average Bonchev–Trinajstić information content (AvgIpc) is 2.84. The van der Waals surface area contributed by atoms with E-state index in [-0.39, 0.29) is 10.8 Å². The van der Waals surface area contributed by atoms with Crippen LogP contribution in [0, 0.1) is 12.8 Å². The molecule has 0 bridgehead atoms. The maximum Gasteiger partial charge on any atom is 0.283 e. The second-order valence-corrected chi connectivity index (χ2v) is 8.72. The van der Waals surface area contributed by atoms with E-state index in [1.54, 1.807) is 24.3 Å². The number of benzene rings is 2. The number of aryl methyl sites for hydroxylation is 1. The Morgan fingerprint density at radius 3 is 2.41 bits per heavy atom. The lowest BCUT2D eigenvalue weighted by Gasteiger charge is -2.28. The quantitative estimate of drug-likeness (QED) is 0.872. The first-order valence-electron chi connectivity index (χ1n) is 9.24. The van der Waals surface area contributed by atoms with Crippen molar-refractivity contribution >= 4 is 15.9 Å². The molecule has 0 amide bonds. The van der Waals surface area contributed by atoms with Crippen molar-refractivity contribution < 1.29 is 13.5 Å². The molecule has 144 valence electrons. The minimum atomic E-state index is -3.84. The fourth-order valence-electron chi connectivity index (χ4n) is 3.45. The van der Waals surface area contributed by atoms with E-state index in [4.69, 9.17) is 0 Å². The van der Waals surface area contributed by atoms with E-state index in [2.05, 4.69) is 4.40 Å². The Morgan fingerprint density at radius 2 is 1.74 bits per heavy atom. The van der Waals surface area contributed by atoms with Crippen LogP contribution in [0.15, 0.2) is 63.9 Å². The summed E-state index contributed by atoms with van der Waals surface area (Å²) in [5.74, 6) is 0.0737. The molecule has 0 aliphatic carbocycles. The SMILES string of the molecule is Cc1ccc(S(=O)(=O)/N=C2/[C@@H]([C@H](O)c3ccccc3)CCCCN2C)cc1. The standard InChI is InChI=1S/C21H26N2O3S/c1-16-11-13-18(14-12-16)27(25,26)22-21-19(10-6-7-15-23(21)2)20(24)17-8-4-3-5-9-17/h3-5,8-9,11-14,19-20,24H,6-7,10,15H2,1-2H3/b22-21-/t19-,20-/m1/s1. The summed E-state index contributed by atoms with van der Waals surface area (Å²) >= 11 is 0. The average molecular weight is 387 g/mol.